The van der Waals surface area contributed by atoms with E-state index in [0.717, 1.165) is 47.7 Å². The Morgan fingerprint density at radius 1 is 1.15 bits per heavy atom. The molecule has 1 unspecified atom stereocenters. The average molecular weight is 344 g/mol. The van der Waals surface area contributed by atoms with E-state index in [1.165, 1.54) is 0 Å². The molecule has 2 N–H and O–H groups in total. The van der Waals surface area contributed by atoms with Crippen LogP contribution >= 0.6 is 0 Å². The summed E-state index contributed by atoms with van der Waals surface area (Å²) in [5.41, 5.74) is 3.19. The molecule has 8 heteroatoms. The zero-order valence-electron chi connectivity index (χ0n) is 13.9. The van der Waals surface area contributed by atoms with Crippen LogP contribution in [0.2, 0.25) is 0 Å². The molecule has 1 fully saturated rings. The fraction of sp³-hybridized carbons (Fsp3) is 0.278. The summed E-state index contributed by atoms with van der Waals surface area (Å²) in [6.45, 7) is 0. The lowest BCUT2D eigenvalue weighted by Gasteiger charge is -2.13. The Hall–Kier alpha value is -3.47. The third-order valence-corrected chi connectivity index (χ3v) is 5.01. The summed E-state index contributed by atoms with van der Waals surface area (Å²) in [5, 5.41) is 21.1. The van der Waals surface area contributed by atoms with Gasteiger partial charge in [0.1, 0.15) is 17.7 Å². The maximum absolute atomic E-state index is 8.87. The number of hydrogen-bond donors (Lipinski definition) is 2. The van der Waals surface area contributed by atoms with Crippen molar-refractivity contribution in [3.8, 4) is 6.07 Å². The lowest BCUT2D eigenvalue weighted by molar-refractivity contribution is 0.651. The van der Waals surface area contributed by atoms with E-state index >= 15 is 0 Å². The van der Waals surface area contributed by atoms with E-state index in [2.05, 4.69) is 40.9 Å². The molecule has 0 bridgehead atoms. The highest BCUT2D eigenvalue weighted by atomic mass is 15.3. The van der Waals surface area contributed by atoms with Crippen molar-refractivity contribution in [2.75, 3.05) is 5.32 Å². The lowest BCUT2D eigenvalue weighted by atomic mass is 10.1. The highest BCUT2D eigenvalue weighted by molar-refractivity contribution is 5.74. The molecule has 26 heavy (non-hydrogen) atoms. The Kier molecular flexibility index (Phi) is 3.31. The molecule has 1 aliphatic rings. The predicted octanol–water partition coefficient (Wildman–Crippen LogP) is 2.62. The van der Waals surface area contributed by atoms with E-state index in [0.29, 0.717) is 17.5 Å². The van der Waals surface area contributed by atoms with Gasteiger partial charge in [-0.05, 0) is 37.5 Å². The molecular formula is C18H16N8. The lowest BCUT2D eigenvalue weighted by Crippen LogP contribution is -2.16. The molecule has 5 rings (SSSR count). The van der Waals surface area contributed by atoms with Crippen LogP contribution in [0.3, 0.4) is 0 Å². The van der Waals surface area contributed by atoms with E-state index in [1.54, 1.807) is 18.5 Å². The van der Waals surface area contributed by atoms with Crippen LogP contribution in [0.25, 0.3) is 16.8 Å². The van der Waals surface area contributed by atoms with Crippen LogP contribution < -0.4 is 5.32 Å². The Bertz CT molecular complexity index is 1120. The van der Waals surface area contributed by atoms with Crippen molar-refractivity contribution in [2.45, 2.75) is 31.2 Å². The van der Waals surface area contributed by atoms with Crippen molar-refractivity contribution < 1.29 is 0 Å². The van der Waals surface area contributed by atoms with E-state index in [9.17, 15) is 0 Å². The topological polar surface area (TPSA) is 108 Å². The molecule has 0 spiro atoms. The minimum absolute atomic E-state index is 0.330. The van der Waals surface area contributed by atoms with Crippen molar-refractivity contribution in [2.24, 2.45) is 0 Å². The zero-order valence-corrected chi connectivity index (χ0v) is 13.9. The summed E-state index contributed by atoms with van der Waals surface area (Å²) in [7, 11) is 0. The number of H-pyrrole nitrogens is 1. The van der Waals surface area contributed by atoms with Crippen LogP contribution in [0.4, 0.5) is 5.82 Å². The highest BCUT2D eigenvalue weighted by Crippen LogP contribution is 2.35. The predicted molar refractivity (Wildman–Crippen MR) is 95.6 cm³/mol. The van der Waals surface area contributed by atoms with Gasteiger partial charge >= 0.3 is 0 Å². The van der Waals surface area contributed by atoms with E-state index in [-0.39, 0.29) is 0 Å². The molecular weight excluding hydrogens is 328 g/mol. The van der Waals surface area contributed by atoms with Gasteiger partial charge in [-0.1, -0.05) is 0 Å². The number of nitriles is 1. The van der Waals surface area contributed by atoms with Crippen molar-refractivity contribution in [1.29, 1.82) is 5.26 Å². The van der Waals surface area contributed by atoms with Crippen LogP contribution in [-0.2, 0) is 0 Å². The van der Waals surface area contributed by atoms with Crippen molar-refractivity contribution in [3.63, 3.8) is 0 Å². The summed E-state index contributed by atoms with van der Waals surface area (Å²) in [6.07, 6.45) is 8.29. The molecule has 4 aromatic rings. The second-order valence-electron chi connectivity index (χ2n) is 6.62. The number of anilines is 1. The number of nitrogens with zero attached hydrogens (tertiary/aromatic N) is 6. The fourth-order valence-corrected chi connectivity index (χ4v) is 3.76. The van der Waals surface area contributed by atoms with Gasteiger partial charge in [-0.3, -0.25) is 4.40 Å². The molecule has 0 aromatic carbocycles. The molecule has 1 aliphatic carbocycles. The number of rotatable bonds is 3. The molecule has 0 aliphatic heterocycles. The third kappa shape index (κ3) is 2.37. The van der Waals surface area contributed by atoms with Gasteiger partial charge in [0.2, 0.25) is 0 Å². The maximum atomic E-state index is 8.87. The average Bonchev–Trinajstić information content (AvgIpc) is 3.40. The molecule has 1 saturated carbocycles. The largest absolute Gasteiger partial charge is 0.367 e. The molecule has 0 radical (unpaired) electrons. The van der Waals surface area contributed by atoms with Gasteiger partial charge in [-0.25, -0.2) is 9.97 Å². The van der Waals surface area contributed by atoms with Gasteiger partial charge in [0.25, 0.3) is 0 Å². The molecule has 128 valence electrons. The summed E-state index contributed by atoms with van der Waals surface area (Å²) in [4.78, 5) is 11.8. The monoisotopic (exact) mass is 344 g/mol. The Balaban J connectivity index is 1.39. The van der Waals surface area contributed by atoms with Gasteiger partial charge < -0.3 is 10.3 Å². The first-order valence-corrected chi connectivity index (χ1v) is 8.61. The molecule has 2 atom stereocenters. The second kappa shape index (κ2) is 5.81. The first-order chi connectivity index (χ1) is 12.8. The standard InChI is InChI=1S/C18H16N8/c19-8-11-1-4-15(21-9-11)23-13-3-2-12(7-13)18-25-24-16-10-22-17-14(26(16)18)5-6-20-17/h1,4-6,9-10,12-13,20H,2-3,7H2,(H,21,23)/t12-,13?/m1/s1. The van der Waals surface area contributed by atoms with E-state index in [1.807, 2.05) is 18.3 Å². The second-order valence-corrected chi connectivity index (χ2v) is 6.62. The number of hydrogen-bond acceptors (Lipinski definition) is 6. The minimum atomic E-state index is 0.330. The van der Waals surface area contributed by atoms with Crippen LogP contribution in [0.5, 0.6) is 0 Å². The summed E-state index contributed by atoms with van der Waals surface area (Å²) >= 11 is 0. The number of aromatic nitrogens is 6. The van der Waals surface area contributed by atoms with Gasteiger partial charge in [0.05, 0.1) is 17.3 Å². The maximum Gasteiger partial charge on any atom is 0.179 e. The molecule has 8 nitrogen and oxygen atoms in total. The Morgan fingerprint density at radius 2 is 2.12 bits per heavy atom. The van der Waals surface area contributed by atoms with Gasteiger partial charge in [-0.15, -0.1) is 10.2 Å². The number of pyridine rings is 1. The van der Waals surface area contributed by atoms with Crippen molar-refractivity contribution in [1.82, 2.24) is 29.5 Å². The fourth-order valence-electron chi connectivity index (χ4n) is 3.76. The summed E-state index contributed by atoms with van der Waals surface area (Å²) in [5.74, 6) is 2.13. The van der Waals surface area contributed by atoms with E-state index in [4.69, 9.17) is 5.26 Å². The van der Waals surface area contributed by atoms with Crippen molar-refractivity contribution >= 4 is 22.6 Å². The van der Waals surface area contributed by atoms with Gasteiger partial charge in [0.15, 0.2) is 11.3 Å². The van der Waals surface area contributed by atoms with Crippen LogP contribution in [0.1, 0.15) is 36.6 Å². The molecule has 0 saturated heterocycles. The Morgan fingerprint density at radius 3 is 2.96 bits per heavy atom. The molecule has 0 amide bonds. The van der Waals surface area contributed by atoms with Gasteiger partial charge in [-0.2, -0.15) is 5.26 Å². The summed E-state index contributed by atoms with van der Waals surface area (Å²) in [6, 6.07) is 8.06. The number of aromatic amines is 1. The quantitative estimate of drug-likeness (QED) is 0.591. The zero-order chi connectivity index (χ0) is 17.5. The third-order valence-electron chi connectivity index (χ3n) is 5.01. The Labute approximate surface area is 148 Å². The minimum Gasteiger partial charge on any atom is -0.367 e. The van der Waals surface area contributed by atoms with E-state index < -0.39 is 0 Å². The van der Waals surface area contributed by atoms with Crippen LogP contribution in [0, 0.1) is 11.3 Å². The molecule has 4 heterocycles. The number of fused-ring (bicyclic) bond motifs is 3. The SMILES string of the molecule is N#Cc1ccc(NC2CC[C@@H](c3nnc4cnc5[nH]ccc5n34)C2)nc1. The normalized spacial score (nSPS) is 19.8. The highest BCUT2D eigenvalue weighted by Gasteiger charge is 2.30. The van der Waals surface area contributed by atoms with Gasteiger partial charge in [0, 0.05) is 24.4 Å². The number of nitrogens with one attached hydrogen (secondary N) is 2. The van der Waals surface area contributed by atoms with Crippen LogP contribution in [0.15, 0.2) is 36.8 Å². The smallest absolute Gasteiger partial charge is 0.179 e. The molecule has 4 aromatic heterocycles. The van der Waals surface area contributed by atoms with Crippen molar-refractivity contribution in [3.05, 3.63) is 48.2 Å². The first-order valence-electron chi connectivity index (χ1n) is 8.61. The van der Waals surface area contributed by atoms with Crippen LogP contribution in [-0.4, -0.2) is 35.6 Å². The first kappa shape index (κ1) is 14.8. The summed E-state index contributed by atoms with van der Waals surface area (Å²) < 4.78 is 2.10.